The molecule has 0 aliphatic carbocycles. The van der Waals surface area contributed by atoms with Crippen LogP contribution >= 0.6 is 0 Å². The number of rotatable bonds is 6. The molecule has 0 saturated carbocycles. The Morgan fingerprint density at radius 2 is 1.70 bits per heavy atom. The first-order valence-electron chi connectivity index (χ1n) is 12.7. The highest BCUT2D eigenvalue weighted by atomic mass is 16.2. The van der Waals surface area contributed by atoms with E-state index in [1.807, 2.05) is 78.8 Å². The minimum Gasteiger partial charge on any atom is -0.368 e. The van der Waals surface area contributed by atoms with Crippen LogP contribution < -0.4 is 10.5 Å². The molecule has 0 N–H and O–H groups in total. The number of nitrogens with zero attached hydrogens (tertiary/aromatic N) is 7. The third-order valence-corrected chi connectivity index (χ3v) is 6.69. The standard InChI is InChI=1S/C28H33N7O2/c1-20(2)35-25(36)11-10-23(29-35)27-24-18-22(32-14-16-33(17-15-32)26(37)19-31(3)4)12-13-34(24)30-28(27)21-8-6-5-7-9-21/h5-13,18,20H,14-17,19H2,1-4H3. The smallest absolute Gasteiger partial charge is 0.267 e. The van der Waals surface area contributed by atoms with Crippen LogP contribution in [0, 0.1) is 0 Å². The van der Waals surface area contributed by atoms with E-state index >= 15 is 0 Å². The number of aromatic nitrogens is 4. The topological polar surface area (TPSA) is 79.0 Å². The van der Waals surface area contributed by atoms with Crippen molar-refractivity contribution in [3.63, 3.8) is 0 Å². The number of piperazine rings is 1. The quantitative estimate of drug-likeness (QED) is 0.406. The summed E-state index contributed by atoms with van der Waals surface area (Å²) in [5, 5.41) is 9.65. The minimum absolute atomic E-state index is 0.0588. The third kappa shape index (κ3) is 4.99. The molecule has 0 spiro atoms. The normalized spacial score (nSPS) is 14.2. The van der Waals surface area contributed by atoms with Gasteiger partial charge in [0.15, 0.2) is 0 Å². The summed E-state index contributed by atoms with van der Waals surface area (Å²) in [6.07, 6.45) is 1.97. The van der Waals surface area contributed by atoms with E-state index < -0.39 is 0 Å². The van der Waals surface area contributed by atoms with Gasteiger partial charge in [0.1, 0.15) is 5.69 Å². The van der Waals surface area contributed by atoms with Gasteiger partial charge in [0.05, 0.1) is 29.4 Å². The van der Waals surface area contributed by atoms with E-state index in [0.717, 1.165) is 41.1 Å². The molecule has 1 aromatic carbocycles. The summed E-state index contributed by atoms with van der Waals surface area (Å²) in [5.74, 6) is 0.164. The number of hydrogen-bond acceptors (Lipinski definition) is 6. The summed E-state index contributed by atoms with van der Waals surface area (Å²) in [6, 6.07) is 17.6. The highest BCUT2D eigenvalue weighted by Crippen LogP contribution is 2.35. The van der Waals surface area contributed by atoms with Crippen LogP contribution in [0.2, 0.25) is 0 Å². The van der Waals surface area contributed by atoms with Crippen LogP contribution in [0.15, 0.2) is 65.6 Å². The number of carbonyl (C=O) groups excluding carboxylic acids is 1. The minimum atomic E-state index is -0.126. The molecule has 192 valence electrons. The maximum atomic E-state index is 12.5. The van der Waals surface area contributed by atoms with E-state index in [1.54, 1.807) is 12.1 Å². The largest absolute Gasteiger partial charge is 0.368 e. The van der Waals surface area contributed by atoms with Gasteiger partial charge in [-0.3, -0.25) is 9.59 Å². The van der Waals surface area contributed by atoms with E-state index in [-0.39, 0.29) is 17.5 Å². The van der Waals surface area contributed by atoms with Gasteiger partial charge in [0.2, 0.25) is 5.91 Å². The number of amides is 1. The SMILES string of the molecule is CC(C)n1nc(-c2c(-c3ccccc3)nn3ccc(N4CCN(C(=O)CN(C)C)CC4)cc23)ccc1=O. The number of anilines is 1. The van der Waals surface area contributed by atoms with Gasteiger partial charge in [-0.2, -0.15) is 10.2 Å². The molecule has 1 amide bonds. The Labute approximate surface area is 216 Å². The second-order valence-corrected chi connectivity index (χ2v) is 10.0. The van der Waals surface area contributed by atoms with Crippen LogP contribution in [-0.2, 0) is 4.79 Å². The van der Waals surface area contributed by atoms with E-state index in [4.69, 9.17) is 10.2 Å². The zero-order valence-electron chi connectivity index (χ0n) is 21.8. The molecule has 1 aliphatic rings. The van der Waals surface area contributed by atoms with Crippen molar-refractivity contribution in [2.45, 2.75) is 19.9 Å². The van der Waals surface area contributed by atoms with Crippen molar-refractivity contribution in [1.82, 2.24) is 29.2 Å². The first-order valence-corrected chi connectivity index (χ1v) is 12.7. The maximum absolute atomic E-state index is 12.5. The predicted octanol–water partition coefficient (Wildman–Crippen LogP) is 3.02. The Morgan fingerprint density at radius 3 is 2.38 bits per heavy atom. The number of benzene rings is 1. The summed E-state index contributed by atoms with van der Waals surface area (Å²) < 4.78 is 3.39. The Balaban J connectivity index is 1.55. The van der Waals surface area contributed by atoms with Crippen molar-refractivity contribution in [3.05, 3.63) is 71.1 Å². The highest BCUT2D eigenvalue weighted by molar-refractivity contribution is 5.91. The van der Waals surface area contributed by atoms with Gasteiger partial charge >= 0.3 is 0 Å². The summed E-state index contributed by atoms with van der Waals surface area (Å²) in [5.41, 5.74) is 5.27. The third-order valence-electron chi connectivity index (χ3n) is 6.69. The van der Waals surface area contributed by atoms with E-state index in [1.165, 1.54) is 4.68 Å². The van der Waals surface area contributed by atoms with E-state index in [9.17, 15) is 9.59 Å². The Bertz CT molecular complexity index is 1470. The molecule has 5 rings (SSSR count). The van der Waals surface area contributed by atoms with Crippen molar-refractivity contribution in [2.75, 3.05) is 51.7 Å². The van der Waals surface area contributed by atoms with E-state index in [2.05, 4.69) is 17.0 Å². The second-order valence-electron chi connectivity index (χ2n) is 10.0. The highest BCUT2D eigenvalue weighted by Gasteiger charge is 2.24. The fourth-order valence-electron chi connectivity index (χ4n) is 4.80. The van der Waals surface area contributed by atoms with E-state index in [0.29, 0.717) is 25.3 Å². The van der Waals surface area contributed by atoms with Crippen LogP contribution in [0.1, 0.15) is 19.9 Å². The molecule has 0 atom stereocenters. The number of likely N-dealkylation sites (N-methyl/N-ethyl adjacent to an activating group) is 1. The molecule has 9 heteroatoms. The zero-order chi connectivity index (χ0) is 26.1. The average Bonchev–Trinajstić information content (AvgIpc) is 3.28. The van der Waals surface area contributed by atoms with Gasteiger partial charge in [-0.15, -0.1) is 0 Å². The van der Waals surface area contributed by atoms with Gasteiger partial charge in [0, 0.05) is 49.7 Å². The van der Waals surface area contributed by atoms with Crippen molar-refractivity contribution in [3.8, 4) is 22.5 Å². The lowest BCUT2D eigenvalue weighted by atomic mass is 10.0. The zero-order valence-corrected chi connectivity index (χ0v) is 21.8. The molecular weight excluding hydrogens is 466 g/mol. The molecule has 3 aromatic heterocycles. The van der Waals surface area contributed by atoms with Gasteiger partial charge < -0.3 is 14.7 Å². The fourth-order valence-corrected chi connectivity index (χ4v) is 4.80. The van der Waals surface area contributed by atoms with Crippen LogP contribution in [0.5, 0.6) is 0 Å². The number of carbonyl (C=O) groups is 1. The summed E-state index contributed by atoms with van der Waals surface area (Å²) in [7, 11) is 3.83. The second kappa shape index (κ2) is 10.2. The van der Waals surface area contributed by atoms with Crippen LogP contribution in [0.25, 0.3) is 28.0 Å². The number of hydrogen-bond donors (Lipinski definition) is 0. The molecule has 1 aliphatic heterocycles. The lowest BCUT2D eigenvalue weighted by molar-refractivity contribution is -0.132. The van der Waals surface area contributed by atoms with Gasteiger partial charge in [0.25, 0.3) is 5.56 Å². The molecule has 0 radical (unpaired) electrons. The monoisotopic (exact) mass is 499 g/mol. The van der Waals surface area contributed by atoms with Crippen LogP contribution in [0.4, 0.5) is 5.69 Å². The first-order chi connectivity index (χ1) is 17.8. The first kappa shape index (κ1) is 24.7. The van der Waals surface area contributed by atoms with Gasteiger partial charge in [-0.25, -0.2) is 9.20 Å². The van der Waals surface area contributed by atoms with Crippen LogP contribution in [-0.4, -0.2) is 81.9 Å². The molecule has 9 nitrogen and oxygen atoms in total. The molecular formula is C28H33N7O2. The Morgan fingerprint density at radius 1 is 0.973 bits per heavy atom. The summed E-state index contributed by atoms with van der Waals surface area (Å²) in [4.78, 5) is 31.1. The van der Waals surface area contributed by atoms with Crippen molar-refractivity contribution in [2.24, 2.45) is 0 Å². The molecule has 0 unspecified atom stereocenters. The summed E-state index contributed by atoms with van der Waals surface area (Å²) in [6.45, 7) is 7.25. The molecule has 4 heterocycles. The van der Waals surface area contributed by atoms with Crippen molar-refractivity contribution < 1.29 is 4.79 Å². The number of pyridine rings is 1. The van der Waals surface area contributed by atoms with Crippen molar-refractivity contribution in [1.29, 1.82) is 0 Å². The lowest BCUT2D eigenvalue weighted by Crippen LogP contribution is -2.50. The van der Waals surface area contributed by atoms with Crippen LogP contribution in [0.3, 0.4) is 0 Å². The molecule has 4 aromatic rings. The average molecular weight is 500 g/mol. The molecule has 0 bridgehead atoms. The Hall–Kier alpha value is -3.98. The predicted molar refractivity (Wildman–Crippen MR) is 146 cm³/mol. The van der Waals surface area contributed by atoms with Gasteiger partial charge in [-0.05, 0) is 46.1 Å². The maximum Gasteiger partial charge on any atom is 0.267 e. The lowest BCUT2D eigenvalue weighted by Gasteiger charge is -2.36. The van der Waals surface area contributed by atoms with Crippen molar-refractivity contribution >= 4 is 17.1 Å². The Kier molecular flexibility index (Phi) is 6.80. The summed E-state index contributed by atoms with van der Waals surface area (Å²) >= 11 is 0. The number of fused-ring (bicyclic) bond motifs is 1. The molecule has 37 heavy (non-hydrogen) atoms. The molecule has 1 saturated heterocycles. The fraction of sp³-hybridized carbons (Fsp3) is 0.357. The molecule has 1 fully saturated rings. The van der Waals surface area contributed by atoms with Gasteiger partial charge in [-0.1, -0.05) is 30.3 Å².